The van der Waals surface area contributed by atoms with Crippen LogP contribution in [0, 0.1) is 0 Å². The molecule has 0 saturated carbocycles. The number of allylic oxidation sites excluding steroid dienone is 1. The second-order valence-electron chi connectivity index (χ2n) is 3.00. The topological polar surface area (TPSA) is 62.8 Å². The standard InChI is InChI=1S/C11H8N2O2/c1-2-9(14)10-12-8-6-4-3-5-7(8)11(15)13-10/h2-6H,1H2,(H,12,13,15). The Labute approximate surface area is 85.3 Å². The predicted octanol–water partition coefficient (Wildman–Crippen LogP) is 1.29. The van der Waals surface area contributed by atoms with E-state index in [1.807, 2.05) is 0 Å². The molecule has 1 heterocycles. The quantitative estimate of drug-likeness (QED) is 0.587. The van der Waals surface area contributed by atoms with Crippen LogP contribution in [0.4, 0.5) is 0 Å². The molecule has 0 fully saturated rings. The molecule has 0 aliphatic carbocycles. The Hall–Kier alpha value is -2.23. The molecule has 1 aromatic heterocycles. The number of para-hydroxylation sites is 1. The molecule has 1 N–H and O–H groups in total. The van der Waals surface area contributed by atoms with Crippen LogP contribution in [-0.4, -0.2) is 15.8 Å². The van der Waals surface area contributed by atoms with Crippen molar-refractivity contribution < 1.29 is 4.79 Å². The second-order valence-corrected chi connectivity index (χ2v) is 3.00. The minimum Gasteiger partial charge on any atom is -0.303 e. The summed E-state index contributed by atoms with van der Waals surface area (Å²) in [4.78, 5) is 29.2. The lowest BCUT2D eigenvalue weighted by Gasteiger charge is -1.98. The van der Waals surface area contributed by atoms with E-state index in [4.69, 9.17) is 0 Å². The predicted molar refractivity (Wildman–Crippen MR) is 56.9 cm³/mol. The molecule has 2 aromatic rings. The van der Waals surface area contributed by atoms with Gasteiger partial charge in [0.15, 0.2) is 5.82 Å². The lowest BCUT2D eigenvalue weighted by atomic mass is 10.2. The third-order valence-electron chi connectivity index (χ3n) is 2.03. The van der Waals surface area contributed by atoms with E-state index in [9.17, 15) is 9.59 Å². The Kier molecular flexibility index (Phi) is 2.17. The van der Waals surface area contributed by atoms with Gasteiger partial charge < -0.3 is 4.98 Å². The summed E-state index contributed by atoms with van der Waals surface area (Å²) >= 11 is 0. The number of H-pyrrole nitrogens is 1. The van der Waals surface area contributed by atoms with Gasteiger partial charge in [-0.1, -0.05) is 18.7 Å². The van der Waals surface area contributed by atoms with Crippen LogP contribution in [0.15, 0.2) is 41.7 Å². The van der Waals surface area contributed by atoms with Crippen LogP contribution < -0.4 is 5.56 Å². The van der Waals surface area contributed by atoms with E-state index in [1.165, 1.54) is 0 Å². The minimum absolute atomic E-state index is 0.0219. The van der Waals surface area contributed by atoms with Crippen molar-refractivity contribution in [2.75, 3.05) is 0 Å². The Morgan fingerprint density at radius 1 is 1.40 bits per heavy atom. The Balaban J connectivity index is 2.78. The highest BCUT2D eigenvalue weighted by Crippen LogP contribution is 2.05. The highest BCUT2D eigenvalue weighted by molar-refractivity contribution is 6.02. The Morgan fingerprint density at radius 3 is 2.87 bits per heavy atom. The van der Waals surface area contributed by atoms with Gasteiger partial charge in [-0.15, -0.1) is 0 Å². The SMILES string of the molecule is C=CC(=O)c1nc2ccccc2c(=O)[nH]1. The number of nitrogens with one attached hydrogen (secondary N) is 1. The number of carbonyl (C=O) groups excluding carboxylic acids is 1. The molecule has 0 bridgehead atoms. The van der Waals surface area contributed by atoms with Crippen LogP contribution in [0.1, 0.15) is 10.6 Å². The first-order valence-corrected chi connectivity index (χ1v) is 4.38. The van der Waals surface area contributed by atoms with E-state index in [0.717, 1.165) is 6.08 Å². The summed E-state index contributed by atoms with van der Waals surface area (Å²) in [6.45, 7) is 3.34. The molecule has 74 valence electrons. The third kappa shape index (κ3) is 1.57. The summed E-state index contributed by atoms with van der Waals surface area (Å²) in [6, 6.07) is 6.85. The number of hydrogen-bond acceptors (Lipinski definition) is 3. The van der Waals surface area contributed by atoms with Gasteiger partial charge in [0.1, 0.15) is 0 Å². The Morgan fingerprint density at radius 2 is 2.13 bits per heavy atom. The number of benzene rings is 1. The van der Waals surface area contributed by atoms with Gasteiger partial charge in [0.25, 0.3) is 5.56 Å². The maximum atomic E-state index is 11.5. The lowest BCUT2D eigenvalue weighted by Crippen LogP contribution is -2.14. The molecular weight excluding hydrogens is 192 g/mol. The van der Waals surface area contributed by atoms with Crippen molar-refractivity contribution in [2.45, 2.75) is 0 Å². The summed E-state index contributed by atoms with van der Waals surface area (Å²) in [7, 11) is 0. The van der Waals surface area contributed by atoms with Crippen molar-refractivity contribution in [3.63, 3.8) is 0 Å². The highest BCUT2D eigenvalue weighted by atomic mass is 16.1. The molecule has 1 aromatic carbocycles. The van der Waals surface area contributed by atoms with Crippen LogP contribution in [0.25, 0.3) is 10.9 Å². The fraction of sp³-hybridized carbons (Fsp3) is 0. The molecule has 0 amide bonds. The van der Waals surface area contributed by atoms with Crippen molar-refractivity contribution in [1.29, 1.82) is 0 Å². The Bertz CT molecular complexity index is 599. The number of fused-ring (bicyclic) bond motifs is 1. The van der Waals surface area contributed by atoms with Crippen LogP contribution in [0.3, 0.4) is 0 Å². The molecule has 0 spiro atoms. The van der Waals surface area contributed by atoms with Crippen molar-refractivity contribution >= 4 is 16.7 Å². The van der Waals surface area contributed by atoms with E-state index < -0.39 is 5.78 Å². The van der Waals surface area contributed by atoms with Crippen LogP contribution in [0.2, 0.25) is 0 Å². The monoisotopic (exact) mass is 200 g/mol. The first-order valence-electron chi connectivity index (χ1n) is 4.38. The van der Waals surface area contributed by atoms with E-state index in [1.54, 1.807) is 24.3 Å². The van der Waals surface area contributed by atoms with Gasteiger partial charge in [0.05, 0.1) is 10.9 Å². The number of ketones is 1. The van der Waals surface area contributed by atoms with E-state index in [0.29, 0.717) is 10.9 Å². The smallest absolute Gasteiger partial charge is 0.259 e. The largest absolute Gasteiger partial charge is 0.303 e. The zero-order valence-corrected chi connectivity index (χ0v) is 7.86. The molecule has 0 unspecified atom stereocenters. The van der Waals surface area contributed by atoms with Crippen LogP contribution in [0.5, 0.6) is 0 Å². The van der Waals surface area contributed by atoms with Gasteiger partial charge in [0, 0.05) is 0 Å². The lowest BCUT2D eigenvalue weighted by molar-refractivity contribution is 0.103. The molecule has 15 heavy (non-hydrogen) atoms. The van der Waals surface area contributed by atoms with E-state index >= 15 is 0 Å². The average molecular weight is 200 g/mol. The normalized spacial score (nSPS) is 10.1. The summed E-state index contributed by atoms with van der Waals surface area (Å²) in [5.41, 5.74) is 0.192. The van der Waals surface area contributed by atoms with Gasteiger partial charge in [-0.3, -0.25) is 9.59 Å². The molecule has 4 nitrogen and oxygen atoms in total. The zero-order chi connectivity index (χ0) is 10.8. The number of hydrogen-bond donors (Lipinski definition) is 1. The summed E-state index contributed by atoms with van der Waals surface area (Å²) in [6.07, 6.45) is 1.12. The number of aromatic nitrogens is 2. The summed E-state index contributed by atoms with van der Waals surface area (Å²) in [5, 5.41) is 0.470. The maximum Gasteiger partial charge on any atom is 0.259 e. The van der Waals surface area contributed by atoms with Crippen LogP contribution >= 0.6 is 0 Å². The molecule has 0 saturated heterocycles. The molecular formula is C11H8N2O2. The molecule has 0 aliphatic rings. The second kappa shape index (κ2) is 3.49. The molecule has 4 heteroatoms. The molecule has 0 aliphatic heterocycles. The van der Waals surface area contributed by atoms with Gasteiger partial charge in [-0.05, 0) is 18.2 Å². The number of rotatable bonds is 2. The fourth-order valence-corrected chi connectivity index (χ4v) is 1.30. The van der Waals surface area contributed by atoms with Gasteiger partial charge in [0.2, 0.25) is 5.78 Å². The average Bonchev–Trinajstić information content (AvgIpc) is 2.28. The maximum absolute atomic E-state index is 11.5. The summed E-state index contributed by atoms with van der Waals surface area (Å²) < 4.78 is 0. The van der Waals surface area contributed by atoms with Crippen molar-refractivity contribution in [3.8, 4) is 0 Å². The fourth-order valence-electron chi connectivity index (χ4n) is 1.30. The van der Waals surface area contributed by atoms with Gasteiger partial charge in [-0.25, -0.2) is 4.98 Å². The molecule has 0 atom stereocenters. The minimum atomic E-state index is -0.391. The van der Waals surface area contributed by atoms with Crippen LogP contribution in [-0.2, 0) is 0 Å². The van der Waals surface area contributed by atoms with E-state index in [2.05, 4.69) is 16.5 Å². The van der Waals surface area contributed by atoms with E-state index in [-0.39, 0.29) is 11.4 Å². The summed E-state index contributed by atoms with van der Waals surface area (Å²) in [5.74, 6) is -0.369. The number of carbonyl (C=O) groups is 1. The van der Waals surface area contributed by atoms with Crippen molar-refractivity contribution in [3.05, 3.63) is 53.1 Å². The zero-order valence-electron chi connectivity index (χ0n) is 7.86. The van der Waals surface area contributed by atoms with Gasteiger partial charge in [-0.2, -0.15) is 0 Å². The number of nitrogens with zero attached hydrogens (tertiary/aromatic N) is 1. The third-order valence-corrected chi connectivity index (χ3v) is 2.03. The molecule has 0 radical (unpaired) electrons. The van der Waals surface area contributed by atoms with Crippen molar-refractivity contribution in [1.82, 2.24) is 9.97 Å². The van der Waals surface area contributed by atoms with Crippen molar-refractivity contribution in [2.24, 2.45) is 0 Å². The first-order chi connectivity index (χ1) is 7.22. The first kappa shape index (κ1) is 9.33. The molecule has 2 rings (SSSR count). The van der Waals surface area contributed by atoms with Gasteiger partial charge >= 0.3 is 0 Å². The highest BCUT2D eigenvalue weighted by Gasteiger charge is 2.07. The number of aromatic amines is 1.